The second-order valence-electron chi connectivity index (χ2n) is 6.15. The van der Waals surface area contributed by atoms with E-state index in [-0.39, 0.29) is 5.91 Å². The number of carbonyl (C=O) groups excluding carboxylic acids is 1. The van der Waals surface area contributed by atoms with Crippen molar-refractivity contribution < 1.29 is 4.79 Å². The summed E-state index contributed by atoms with van der Waals surface area (Å²) in [5.41, 5.74) is 3.62. The van der Waals surface area contributed by atoms with Crippen molar-refractivity contribution in [2.24, 2.45) is 11.3 Å². The Morgan fingerprint density at radius 1 is 1.50 bits per heavy atom. The average molecular weight is 244 g/mol. The van der Waals surface area contributed by atoms with E-state index in [0.29, 0.717) is 11.3 Å². The zero-order valence-electron chi connectivity index (χ0n) is 11.0. The third kappa shape index (κ3) is 2.09. The Hall–Kier alpha value is -1.51. The van der Waals surface area contributed by atoms with Crippen LogP contribution in [0.3, 0.4) is 0 Å². The van der Waals surface area contributed by atoms with Gasteiger partial charge in [-0.25, -0.2) is 0 Å². The Labute approximate surface area is 108 Å². The van der Waals surface area contributed by atoms with E-state index in [0.717, 1.165) is 30.8 Å². The van der Waals surface area contributed by atoms with Crippen molar-refractivity contribution >= 4 is 11.6 Å². The van der Waals surface area contributed by atoms with Crippen LogP contribution < -0.4 is 10.6 Å². The summed E-state index contributed by atoms with van der Waals surface area (Å²) >= 11 is 0. The van der Waals surface area contributed by atoms with Gasteiger partial charge in [0.1, 0.15) is 0 Å². The highest BCUT2D eigenvalue weighted by Gasteiger charge is 2.45. The number of anilines is 1. The molecule has 0 aromatic heterocycles. The highest BCUT2D eigenvalue weighted by molar-refractivity contribution is 5.95. The largest absolute Gasteiger partial charge is 0.384 e. The van der Waals surface area contributed by atoms with Gasteiger partial charge in [0.05, 0.1) is 0 Å². The number of hydrogen-bond acceptors (Lipinski definition) is 2. The van der Waals surface area contributed by atoms with Crippen LogP contribution in [-0.4, -0.2) is 19.0 Å². The zero-order valence-corrected chi connectivity index (χ0v) is 11.0. The molecule has 96 valence electrons. The average Bonchev–Trinajstić information content (AvgIpc) is 2.77. The molecule has 3 heteroatoms. The lowest BCUT2D eigenvalue weighted by Gasteiger charge is -2.08. The minimum absolute atomic E-state index is 0.0502. The van der Waals surface area contributed by atoms with Crippen LogP contribution in [0.15, 0.2) is 18.2 Å². The van der Waals surface area contributed by atoms with Gasteiger partial charge in [-0.15, -0.1) is 0 Å². The number of benzene rings is 1. The molecule has 0 saturated heterocycles. The number of carbonyl (C=O) groups is 1. The number of nitrogens with one attached hydrogen (secondary N) is 2. The molecule has 1 atom stereocenters. The summed E-state index contributed by atoms with van der Waals surface area (Å²) in [5.74, 6) is 0.697. The van der Waals surface area contributed by atoms with Crippen LogP contribution >= 0.6 is 0 Å². The standard InChI is InChI=1S/C15H20N2O/c1-15(2)8-12(15)9-17-14(18)11-4-3-10-5-6-16-13(10)7-11/h3-4,7,12,16H,5-6,8-9H2,1-2H3,(H,17,18). The smallest absolute Gasteiger partial charge is 0.251 e. The van der Waals surface area contributed by atoms with Crippen LogP contribution in [0.1, 0.15) is 36.2 Å². The fraction of sp³-hybridized carbons (Fsp3) is 0.533. The van der Waals surface area contributed by atoms with Crippen LogP contribution in [0.25, 0.3) is 0 Å². The summed E-state index contributed by atoms with van der Waals surface area (Å²) in [7, 11) is 0. The van der Waals surface area contributed by atoms with Gasteiger partial charge in [0.2, 0.25) is 0 Å². The summed E-state index contributed by atoms with van der Waals surface area (Å²) in [4.78, 5) is 12.0. The highest BCUT2D eigenvalue weighted by atomic mass is 16.1. The molecule has 3 rings (SSSR count). The Kier molecular flexibility index (Phi) is 2.58. The lowest BCUT2D eigenvalue weighted by molar-refractivity contribution is 0.0950. The molecular formula is C15H20N2O. The van der Waals surface area contributed by atoms with E-state index in [1.807, 2.05) is 12.1 Å². The molecule has 1 fully saturated rings. The molecule has 1 saturated carbocycles. The topological polar surface area (TPSA) is 41.1 Å². The highest BCUT2D eigenvalue weighted by Crippen LogP contribution is 2.50. The molecule has 0 radical (unpaired) electrons. The van der Waals surface area contributed by atoms with Crippen LogP contribution in [0.5, 0.6) is 0 Å². The predicted octanol–water partition coefficient (Wildman–Crippen LogP) is 2.43. The quantitative estimate of drug-likeness (QED) is 0.857. The molecule has 2 N–H and O–H groups in total. The first kappa shape index (κ1) is 11.6. The Morgan fingerprint density at radius 3 is 3.00 bits per heavy atom. The third-order valence-electron chi connectivity index (χ3n) is 4.31. The molecule has 1 amide bonds. The van der Waals surface area contributed by atoms with Gasteiger partial charge in [-0.1, -0.05) is 19.9 Å². The van der Waals surface area contributed by atoms with Crippen molar-refractivity contribution in [3.05, 3.63) is 29.3 Å². The molecule has 1 heterocycles. The van der Waals surface area contributed by atoms with Gasteiger partial charge in [-0.05, 0) is 41.9 Å². The van der Waals surface area contributed by atoms with E-state index in [9.17, 15) is 4.79 Å². The molecule has 18 heavy (non-hydrogen) atoms. The van der Waals surface area contributed by atoms with E-state index < -0.39 is 0 Å². The second kappa shape index (κ2) is 4.01. The SMILES string of the molecule is CC1(C)CC1CNC(=O)c1ccc2c(c1)NCC2. The Bertz CT molecular complexity index is 493. The zero-order chi connectivity index (χ0) is 12.8. The molecule has 0 bridgehead atoms. The van der Waals surface area contributed by atoms with E-state index >= 15 is 0 Å². The number of rotatable bonds is 3. The van der Waals surface area contributed by atoms with Crippen LogP contribution in [0, 0.1) is 11.3 Å². The lowest BCUT2D eigenvalue weighted by Crippen LogP contribution is -2.26. The fourth-order valence-corrected chi connectivity index (χ4v) is 2.67. The van der Waals surface area contributed by atoms with Gasteiger partial charge in [-0.2, -0.15) is 0 Å². The van der Waals surface area contributed by atoms with Crippen molar-refractivity contribution in [1.29, 1.82) is 0 Å². The Balaban J connectivity index is 1.62. The first-order chi connectivity index (χ1) is 8.56. The molecule has 1 unspecified atom stereocenters. The minimum Gasteiger partial charge on any atom is -0.384 e. The van der Waals surface area contributed by atoms with Crippen molar-refractivity contribution in [3.63, 3.8) is 0 Å². The van der Waals surface area contributed by atoms with Gasteiger partial charge in [0.15, 0.2) is 0 Å². The summed E-state index contributed by atoms with van der Waals surface area (Å²) < 4.78 is 0. The normalized spacial score (nSPS) is 23.1. The molecule has 3 nitrogen and oxygen atoms in total. The number of fused-ring (bicyclic) bond motifs is 1. The van der Waals surface area contributed by atoms with Gasteiger partial charge in [0, 0.05) is 24.3 Å². The molecule has 1 aromatic carbocycles. The van der Waals surface area contributed by atoms with Gasteiger partial charge < -0.3 is 10.6 Å². The fourth-order valence-electron chi connectivity index (χ4n) is 2.67. The summed E-state index contributed by atoms with van der Waals surface area (Å²) in [6, 6.07) is 5.96. The van der Waals surface area contributed by atoms with E-state index in [1.165, 1.54) is 12.0 Å². The molecule has 0 spiro atoms. The molecule has 1 aromatic rings. The maximum absolute atomic E-state index is 12.0. The first-order valence-electron chi connectivity index (χ1n) is 6.71. The first-order valence-corrected chi connectivity index (χ1v) is 6.71. The van der Waals surface area contributed by atoms with Crippen LogP contribution in [0.4, 0.5) is 5.69 Å². The molecule has 1 aliphatic heterocycles. The van der Waals surface area contributed by atoms with E-state index in [2.05, 4.69) is 30.5 Å². The summed E-state index contributed by atoms with van der Waals surface area (Å²) in [6.07, 6.45) is 2.28. The van der Waals surface area contributed by atoms with E-state index in [4.69, 9.17) is 0 Å². The van der Waals surface area contributed by atoms with Crippen molar-refractivity contribution in [2.45, 2.75) is 26.7 Å². The van der Waals surface area contributed by atoms with Crippen LogP contribution in [0.2, 0.25) is 0 Å². The van der Waals surface area contributed by atoms with Gasteiger partial charge in [0.25, 0.3) is 5.91 Å². The van der Waals surface area contributed by atoms with Crippen molar-refractivity contribution in [1.82, 2.24) is 5.32 Å². The number of hydrogen-bond donors (Lipinski definition) is 2. The van der Waals surface area contributed by atoms with Gasteiger partial charge in [-0.3, -0.25) is 4.79 Å². The summed E-state index contributed by atoms with van der Waals surface area (Å²) in [6.45, 7) is 6.29. The van der Waals surface area contributed by atoms with Crippen molar-refractivity contribution in [3.8, 4) is 0 Å². The predicted molar refractivity (Wildman–Crippen MR) is 72.9 cm³/mol. The lowest BCUT2D eigenvalue weighted by atomic mass is 10.1. The molecule has 1 aliphatic carbocycles. The minimum atomic E-state index is 0.0502. The third-order valence-corrected chi connectivity index (χ3v) is 4.31. The molecular weight excluding hydrogens is 224 g/mol. The van der Waals surface area contributed by atoms with Crippen molar-refractivity contribution in [2.75, 3.05) is 18.4 Å². The Morgan fingerprint density at radius 2 is 2.28 bits per heavy atom. The second-order valence-corrected chi connectivity index (χ2v) is 6.15. The van der Waals surface area contributed by atoms with Gasteiger partial charge >= 0.3 is 0 Å². The maximum atomic E-state index is 12.0. The van der Waals surface area contributed by atoms with Crippen LogP contribution in [-0.2, 0) is 6.42 Å². The van der Waals surface area contributed by atoms with E-state index in [1.54, 1.807) is 0 Å². The number of amides is 1. The summed E-state index contributed by atoms with van der Waals surface area (Å²) in [5, 5.41) is 6.35. The molecule has 2 aliphatic rings. The monoisotopic (exact) mass is 244 g/mol. The maximum Gasteiger partial charge on any atom is 0.251 e.